The molecule has 0 bridgehead atoms. The van der Waals surface area contributed by atoms with Crippen molar-refractivity contribution in [2.45, 2.75) is 63.0 Å². The summed E-state index contributed by atoms with van der Waals surface area (Å²) in [4.78, 5) is 17.9. The van der Waals surface area contributed by atoms with Crippen LogP contribution >= 0.6 is 27.7 Å². The molecule has 1 amide bonds. The number of thioether (sulfide) groups is 1. The second-order valence-corrected chi connectivity index (χ2v) is 11.4. The fraction of sp³-hybridized carbons (Fsp3) is 0.619. The first-order valence-electron chi connectivity index (χ1n) is 9.81. The summed E-state index contributed by atoms with van der Waals surface area (Å²) in [7, 11) is 0. The summed E-state index contributed by atoms with van der Waals surface area (Å²) in [6.45, 7) is 8.44. The highest BCUT2D eigenvalue weighted by atomic mass is 79.9. The van der Waals surface area contributed by atoms with Gasteiger partial charge in [-0.3, -0.25) is 4.90 Å². The van der Waals surface area contributed by atoms with E-state index in [-0.39, 0.29) is 22.8 Å². The number of carboxylic acid groups (broad SMARTS) is 1. The molecule has 0 aromatic heterocycles. The van der Waals surface area contributed by atoms with Crippen molar-refractivity contribution in [2.75, 3.05) is 13.3 Å². The highest BCUT2D eigenvalue weighted by Crippen LogP contribution is 2.67. The van der Waals surface area contributed by atoms with E-state index in [4.69, 9.17) is 4.74 Å². The molecular formula is C21H27BrF2N2O3S. The van der Waals surface area contributed by atoms with Crippen molar-refractivity contribution < 1.29 is 23.4 Å². The zero-order chi connectivity index (χ0) is 22.5. The van der Waals surface area contributed by atoms with Gasteiger partial charge in [-0.05, 0) is 59.2 Å². The predicted molar refractivity (Wildman–Crippen MR) is 118 cm³/mol. The second kappa shape index (κ2) is 8.06. The molecule has 0 radical (unpaired) electrons. The van der Waals surface area contributed by atoms with E-state index in [0.717, 1.165) is 4.90 Å². The van der Waals surface area contributed by atoms with Crippen LogP contribution in [0.25, 0.3) is 0 Å². The second-order valence-electron chi connectivity index (χ2n) is 9.15. The maximum atomic E-state index is 14.9. The molecule has 5 nitrogen and oxygen atoms in total. The Bertz CT molecular complexity index is 876. The molecular weight excluding hydrogens is 478 g/mol. The van der Waals surface area contributed by atoms with Gasteiger partial charge in [-0.1, -0.05) is 27.7 Å². The number of halogens is 3. The number of carbonyl (C=O) groups is 1. The number of aliphatic imine (C=N–C) groups is 1. The van der Waals surface area contributed by atoms with Crippen LogP contribution in [0.4, 0.5) is 13.6 Å². The standard InChI is InChI=1S/C21H27BrF2N2O3S/c1-12(2)29-11-20-9-16(20)21(10-23,14-8-13(22)6-7-15(14)24)25-17(30-20)26(18(27)28)19(3,4)5/h6-8,12,16H,9-11H2,1-5H3,(H,27,28)/t16-,20-,21-/m1/s1. The van der Waals surface area contributed by atoms with Crippen LogP contribution < -0.4 is 0 Å². The number of alkyl halides is 1. The van der Waals surface area contributed by atoms with Gasteiger partial charge in [0.15, 0.2) is 5.17 Å². The summed E-state index contributed by atoms with van der Waals surface area (Å²) in [6.07, 6.45) is -0.662. The molecule has 1 fully saturated rings. The van der Waals surface area contributed by atoms with Gasteiger partial charge in [0, 0.05) is 21.5 Å². The summed E-state index contributed by atoms with van der Waals surface area (Å²) in [5.74, 6) is -0.865. The molecule has 1 aromatic carbocycles. The smallest absolute Gasteiger partial charge is 0.413 e. The van der Waals surface area contributed by atoms with Crippen molar-refractivity contribution in [3.05, 3.63) is 34.1 Å². The first-order chi connectivity index (χ1) is 13.9. The number of hydrogen-bond donors (Lipinski definition) is 1. The molecule has 1 N–H and O–H groups in total. The minimum absolute atomic E-state index is 0.0379. The first kappa shape index (κ1) is 23.5. The van der Waals surface area contributed by atoms with Crippen LogP contribution in [0, 0.1) is 11.7 Å². The lowest BCUT2D eigenvalue weighted by Crippen LogP contribution is -2.52. The average molecular weight is 505 g/mol. The van der Waals surface area contributed by atoms with Crippen LogP contribution in [0.5, 0.6) is 0 Å². The Morgan fingerprint density at radius 2 is 2.13 bits per heavy atom. The third-order valence-corrected chi connectivity index (χ3v) is 7.43. The van der Waals surface area contributed by atoms with Gasteiger partial charge in [-0.25, -0.2) is 18.6 Å². The molecule has 1 aliphatic carbocycles. The molecule has 0 saturated heterocycles. The van der Waals surface area contributed by atoms with Gasteiger partial charge in [0.1, 0.15) is 18.0 Å². The van der Waals surface area contributed by atoms with Gasteiger partial charge in [0.05, 0.1) is 17.5 Å². The number of rotatable bonds is 5. The Hall–Kier alpha value is -1.19. The summed E-state index contributed by atoms with van der Waals surface area (Å²) < 4.78 is 35.6. The van der Waals surface area contributed by atoms with Gasteiger partial charge in [-0.15, -0.1) is 0 Å². The lowest BCUT2D eigenvalue weighted by Gasteiger charge is -2.41. The molecule has 1 saturated carbocycles. The molecule has 9 heteroatoms. The zero-order valence-electron chi connectivity index (χ0n) is 17.7. The van der Waals surface area contributed by atoms with Crippen molar-refractivity contribution in [1.29, 1.82) is 0 Å². The van der Waals surface area contributed by atoms with Gasteiger partial charge >= 0.3 is 6.09 Å². The van der Waals surface area contributed by atoms with Crippen LogP contribution in [0.15, 0.2) is 27.7 Å². The lowest BCUT2D eigenvalue weighted by molar-refractivity contribution is 0.0703. The fourth-order valence-electron chi connectivity index (χ4n) is 3.98. The Morgan fingerprint density at radius 1 is 1.47 bits per heavy atom. The fourth-order valence-corrected chi connectivity index (χ4v) is 6.07. The van der Waals surface area contributed by atoms with Crippen LogP contribution in [-0.2, 0) is 10.3 Å². The normalized spacial score (nSPS) is 28.2. The van der Waals surface area contributed by atoms with Gasteiger partial charge in [0.25, 0.3) is 0 Å². The Balaban J connectivity index is 2.19. The summed E-state index contributed by atoms with van der Waals surface area (Å²) in [5.41, 5.74) is -2.18. The molecule has 0 spiro atoms. The molecule has 2 aliphatic rings. The van der Waals surface area contributed by atoms with E-state index in [2.05, 4.69) is 20.9 Å². The molecule has 1 aromatic rings. The van der Waals surface area contributed by atoms with E-state index in [1.54, 1.807) is 32.9 Å². The van der Waals surface area contributed by atoms with E-state index in [0.29, 0.717) is 17.5 Å². The van der Waals surface area contributed by atoms with E-state index in [9.17, 15) is 18.7 Å². The maximum absolute atomic E-state index is 14.9. The molecule has 166 valence electrons. The van der Waals surface area contributed by atoms with Gasteiger partial charge in [0.2, 0.25) is 0 Å². The molecule has 3 rings (SSSR count). The third-order valence-electron chi connectivity index (χ3n) is 5.50. The van der Waals surface area contributed by atoms with Gasteiger partial charge in [-0.2, -0.15) is 0 Å². The number of amidine groups is 1. The third kappa shape index (κ3) is 4.12. The van der Waals surface area contributed by atoms with Crippen molar-refractivity contribution in [3.8, 4) is 0 Å². The van der Waals surface area contributed by atoms with Crippen LogP contribution in [0.2, 0.25) is 0 Å². The summed E-state index contributed by atoms with van der Waals surface area (Å²) >= 11 is 4.64. The Morgan fingerprint density at radius 3 is 2.67 bits per heavy atom. The van der Waals surface area contributed by atoms with Crippen molar-refractivity contribution in [3.63, 3.8) is 0 Å². The Kier molecular flexibility index (Phi) is 6.30. The quantitative estimate of drug-likeness (QED) is 0.548. The van der Waals surface area contributed by atoms with Gasteiger partial charge < -0.3 is 9.84 Å². The number of nitrogens with zero attached hydrogens (tertiary/aromatic N) is 2. The monoisotopic (exact) mass is 504 g/mol. The number of fused-ring (bicyclic) bond motifs is 1. The SMILES string of the molecule is CC(C)OC[C@]12C[C@H]1[C@@](CF)(c1cc(Br)ccc1F)N=C(N(C(=O)O)C(C)(C)C)S2. The Labute approximate surface area is 188 Å². The minimum atomic E-state index is -1.51. The lowest BCUT2D eigenvalue weighted by atomic mass is 9.85. The van der Waals surface area contributed by atoms with Crippen molar-refractivity contribution in [2.24, 2.45) is 10.9 Å². The predicted octanol–water partition coefficient (Wildman–Crippen LogP) is 5.82. The summed E-state index contributed by atoms with van der Waals surface area (Å²) in [5, 5.41) is 10.1. The van der Waals surface area contributed by atoms with Crippen LogP contribution in [0.3, 0.4) is 0 Å². The number of hydrogen-bond acceptors (Lipinski definition) is 4. The molecule has 0 unspecified atom stereocenters. The van der Waals surface area contributed by atoms with E-state index < -0.39 is 34.4 Å². The van der Waals surface area contributed by atoms with E-state index >= 15 is 0 Å². The highest BCUT2D eigenvalue weighted by Gasteiger charge is 2.69. The number of ether oxygens (including phenoxy) is 1. The number of benzene rings is 1. The number of amides is 1. The van der Waals surface area contributed by atoms with E-state index in [1.807, 2.05) is 13.8 Å². The molecule has 3 atom stereocenters. The molecule has 30 heavy (non-hydrogen) atoms. The van der Waals surface area contributed by atoms with Crippen molar-refractivity contribution in [1.82, 2.24) is 4.90 Å². The average Bonchev–Trinajstić information content (AvgIpc) is 3.35. The minimum Gasteiger partial charge on any atom is -0.465 e. The molecule has 1 heterocycles. The van der Waals surface area contributed by atoms with Crippen molar-refractivity contribution >= 4 is 39.0 Å². The molecule has 1 aliphatic heterocycles. The first-order valence-corrected chi connectivity index (χ1v) is 11.4. The van der Waals surface area contributed by atoms with Crippen LogP contribution in [0.1, 0.15) is 46.6 Å². The topological polar surface area (TPSA) is 62.1 Å². The van der Waals surface area contributed by atoms with E-state index in [1.165, 1.54) is 17.8 Å². The summed E-state index contributed by atoms with van der Waals surface area (Å²) in [6, 6.07) is 4.37. The largest absolute Gasteiger partial charge is 0.465 e. The van der Waals surface area contributed by atoms with Crippen LogP contribution in [-0.4, -0.2) is 50.9 Å². The maximum Gasteiger partial charge on any atom is 0.413 e. The zero-order valence-corrected chi connectivity index (χ0v) is 20.1. The highest BCUT2D eigenvalue weighted by molar-refractivity contribution is 9.10.